The average Bonchev–Trinajstić information content (AvgIpc) is 2.82. The molecule has 3 N–H and O–H groups in total. The van der Waals surface area contributed by atoms with Crippen LogP contribution in [0.25, 0.3) is 0 Å². The lowest BCUT2D eigenvalue weighted by atomic mass is 10.1. The van der Waals surface area contributed by atoms with Gasteiger partial charge in [-0.2, -0.15) is 5.10 Å². The summed E-state index contributed by atoms with van der Waals surface area (Å²) in [5.41, 5.74) is 8.64. The highest BCUT2D eigenvalue weighted by molar-refractivity contribution is 5.96. The summed E-state index contributed by atoms with van der Waals surface area (Å²) >= 11 is 0. The molecule has 0 aliphatic rings. The van der Waals surface area contributed by atoms with Gasteiger partial charge in [-0.1, -0.05) is 24.0 Å². The zero-order chi connectivity index (χ0) is 15.2. The Balaban J connectivity index is 2.12. The van der Waals surface area contributed by atoms with Gasteiger partial charge < -0.3 is 11.1 Å². The van der Waals surface area contributed by atoms with E-state index in [1.165, 1.54) is 0 Å². The van der Waals surface area contributed by atoms with Crippen molar-refractivity contribution in [3.63, 3.8) is 0 Å². The van der Waals surface area contributed by atoms with Crippen LogP contribution < -0.4 is 11.1 Å². The molecule has 0 radical (unpaired) electrons. The van der Waals surface area contributed by atoms with Gasteiger partial charge in [0, 0.05) is 30.4 Å². The fourth-order valence-corrected chi connectivity index (χ4v) is 1.92. The van der Waals surface area contributed by atoms with Crippen LogP contribution >= 0.6 is 0 Å². The minimum Gasteiger partial charge on any atom is -0.348 e. The molecule has 1 aromatic heterocycles. The molecule has 1 amide bonds. The van der Waals surface area contributed by atoms with Crippen molar-refractivity contribution in [1.29, 1.82) is 0 Å². The molecule has 0 spiro atoms. The van der Waals surface area contributed by atoms with Crippen LogP contribution in [0.3, 0.4) is 0 Å². The van der Waals surface area contributed by atoms with Crippen molar-refractivity contribution in [3.05, 3.63) is 52.8 Å². The summed E-state index contributed by atoms with van der Waals surface area (Å²) < 4.78 is 1.78. The van der Waals surface area contributed by atoms with Gasteiger partial charge in [-0.25, -0.2) is 0 Å². The molecule has 0 atom stereocenters. The third-order valence-corrected chi connectivity index (χ3v) is 3.27. The highest BCUT2D eigenvalue weighted by Crippen LogP contribution is 2.09. The number of amides is 1. The molecule has 1 aromatic carbocycles. The van der Waals surface area contributed by atoms with Crippen LogP contribution in [0, 0.1) is 18.8 Å². The SMILES string of the molecule is Cc1c(CNC(=O)c2ccccc2C#CCN)cnn1C. The molecule has 2 aromatic rings. The number of nitrogens with zero attached hydrogens (tertiary/aromatic N) is 2. The fraction of sp³-hybridized carbons (Fsp3) is 0.250. The Labute approximate surface area is 124 Å². The summed E-state index contributed by atoms with van der Waals surface area (Å²) in [5.74, 6) is 5.53. The second-order valence-electron chi connectivity index (χ2n) is 4.61. The lowest BCUT2D eigenvalue weighted by Crippen LogP contribution is -2.24. The van der Waals surface area contributed by atoms with Gasteiger partial charge in [0.15, 0.2) is 0 Å². The Hall–Kier alpha value is -2.58. The van der Waals surface area contributed by atoms with E-state index < -0.39 is 0 Å². The predicted octanol–water partition coefficient (Wildman–Crippen LogP) is 0.969. The lowest BCUT2D eigenvalue weighted by molar-refractivity contribution is 0.0950. The Morgan fingerprint density at radius 1 is 1.43 bits per heavy atom. The second-order valence-corrected chi connectivity index (χ2v) is 4.61. The van der Waals surface area contributed by atoms with Gasteiger partial charge in [0.25, 0.3) is 5.91 Å². The molecule has 0 aliphatic carbocycles. The average molecular weight is 282 g/mol. The number of aromatic nitrogens is 2. The summed E-state index contributed by atoms with van der Waals surface area (Å²) in [5, 5.41) is 7.05. The standard InChI is InChI=1S/C16H18N4O/c1-12-14(11-19-20(12)2)10-18-16(21)15-8-4-3-6-13(15)7-5-9-17/h3-4,6,8,11H,9-10,17H2,1-2H3,(H,18,21). The van der Waals surface area contributed by atoms with Crippen LogP contribution in [0.2, 0.25) is 0 Å². The minimum absolute atomic E-state index is 0.153. The maximum Gasteiger partial charge on any atom is 0.252 e. The molecule has 2 rings (SSSR count). The Morgan fingerprint density at radius 3 is 2.86 bits per heavy atom. The molecule has 0 saturated heterocycles. The Morgan fingerprint density at radius 2 is 2.19 bits per heavy atom. The lowest BCUT2D eigenvalue weighted by Gasteiger charge is -2.07. The van der Waals surface area contributed by atoms with Crippen molar-refractivity contribution < 1.29 is 4.79 Å². The van der Waals surface area contributed by atoms with Crippen molar-refractivity contribution in [1.82, 2.24) is 15.1 Å². The normalized spacial score (nSPS) is 9.86. The number of rotatable bonds is 3. The van der Waals surface area contributed by atoms with Gasteiger partial charge in [-0.3, -0.25) is 9.48 Å². The van der Waals surface area contributed by atoms with Crippen molar-refractivity contribution >= 4 is 5.91 Å². The number of hydrogen-bond donors (Lipinski definition) is 2. The fourth-order valence-electron chi connectivity index (χ4n) is 1.92. The molecule has 5 nitrogen and oxygen atoms in total. The van der Waals surface area contributed by atoms with E-state index in [9.17, 15) is 4.79 Å². The molecule has 0 aliphatic heterocycles. The van der Waals surface area contributed by atoms with Crippen molar-refractivity contribution in [2.45, 2.75) is 13.5 Å². The van der Waals surface area contributed by atoms with E-state index in [4.69, 9.17) is 5.73 Å². The van der Waals surface area contributed by atoms with Gasteiger partial charge in [0.1, 0.15) is 0 Å². The van der Waals surface area contributed by atoms with E-state index in [-0.39, 0.29) is 12.5 Å². The van der Waals surface area contributed by atoms with E-state index >= 15 is 0 Å². The summed E-state index contributed by atoms with van der Waals surface area (Å²) in [6.45, 7) is 2.68. The highest BCUT2D eigenvalue weighted by Gasteiger charge is 2.10. The van der Waals surface area contributed by atoms with Crippen LogP contribution in [0.4, 0.5) is 0 Å². The van der Waals surface area contributed by atoms with Crippen LogP contribution in [0.15, 0.2) is 30.5 Å². The minimum atomic E-state index is -0.153. The number of benzene rings is 1. The first kappa shape index (κ1) is 14.8. The third kappa shape index (κ3) is 3.50. The maximum absolute atomic E-state index is 12.3. The molecular formula is C16H18N4O. The molecule has 0 unspecified atom stereocenters. The van der Waals surface area contributed by atoms with Gasteiger partial charge in [-0.15, -0.1) is 0 Å². The van der Waals surface area contributed by atoms with E-state index in [0.717, 1.165) is 11.3 Å². The highest BCUT2D eigenvalue weighted by atomic mass is 16.1. The molecule has 5 heteroatoms. The van der Waals surface area contributed by atoms with Crippen LogP contribution in [0.1, 0.15) is 27.2 Å². The van der Waals surface area contributed by atoms with Crippen LogP contribution in [-0.4, -0.2) is 22.2 Å². The number of nitrogens with two attached hydrogens (primary N) is 1. The molecule has 0 saturated carbocycles. The first-order valence-electron chi connectivity index (χ1n) is 6.67. The number of carbonyl (C=O) groups excluding carboxylic acids is 1. The van der Waals surface area contributed by atoms with Gasteiger partial charge >= 0.3 is 0 Å². The zero-order valence-electron chi connectivity index (χ0n) is 12.2. The zero-order valence-corrected chi connectivity index (χ0v) is 12.2. The number of nitrogens with one attached hydrogen (secondary N) is 1. The third-order valence-electron chi connectivity index (χ3n) is 3.27. The van der Waals surface area contributed by atoms with E-state index in [0.29, 0.717) is 17.7 Å². The summed E-state index contributed by atoms with van der Waals surface area (Å²) in [7, 11) is 1.87. The predicted molar refractivity (Wildman–Crippen MR) is 81.5 cm³/mol. The summed E-state index contributed by atoms with van der Waals surface area (Å²) in [4.78, 5) is 12.3. The van der Waals surface area contributed by atoms with Crippen molar-refractivity contribution in [2.75, 3.05) is 6.54 Å². The van der Waals surface area contributed by atoms with Crippen LogP contribution in [-0.2, 0) is 13.6 Å². The first-order chi connectivity index (χ1) is 10.1. The van der Waals surface area contributed by atoms with Crippen molar-refractivity contribution in [3.8, 4) is 11.8 Å². The molecule has 0 bridgehead atoms. The largest absolute Gasteiger partial charge is 0.348 e. The van der Waals surface area contributed by atoms with E-state index in [1.807, 2.05) is 32.2 Å². The number of carbonyl (C=O) groups is 1. The number of aryl methyl sites for hydroxylation is 1. The molecule has 21 heavy (non-hydrogen) atoms. The maximum atomic E-state index is 12.3. The topological polar surface area (TPSA) is 72.9 Å². The number of hydrogen-bond acceptors (Lipinski definition) is 3. The van der Waals surface area contributed by atoms with Crippen molar-refractivity contribution in [2.24, 2.45) is 12.8 Å². The van der Waals surface area contributed by atoms with E-state index in [2.05, 4.69) is 22.3 Å². The molecule has 108 valence electrons. The monoisotopic (exact) mass is 282 g/mol. The first-order valence-corrected chi connectivity index (χ1v) is 6.67. The molecule has 1 heterocycles. The quantitative estimate of drug-likeness (QED) is 0.824. The van der Waals surface area contributed by atoms with Crippen LogP contribution in [0.5, 0.6) is 0 Å². The summed E-state index contributed by atoms with van der Waals surface area (Å²) in [6.07, 6.45) is 1.76. The van der Waals surface area contributed by atoms with Gasteiger partial charge in [0.05, 0.1) is 18.3 Å². The van der Waals surface area contributed by atoms with E-state index in [1.54, 1.807) is 16.9 Å². The molecule has 0 fully saturated rings. The Kier molecular flexibility index (Phi) is 4.75. The smallest absolute Gasteiger partial charge is 0.252 e. The summed E-state index contributed by atoms with van der Waals surface area (Å²) in [6, 6.07) is 7.24. The van der Waals surface area contributed by atoms with Gasteiger partial charge in [0.2, 0.25) is 0 Å². The molecular weight excluding hydrogens is 264 g/mol. The Bertz CT molecular complexity index is 707. The van der Waals surface area contributed by atoms with Gasteiger partial charge in [-0.05, 0) is 19.1 Å². The second kappa shape index (κ2) is 6.73.